The summed E-state index contributed by atoms with van der Waals surface area (Å²) in [5.74, 6) is 2.37. The third-order valence-electron chi connectivity index (χ3n) is 4.94. The second-order valence-electron chi connectivity index (χ2n) is 6.77. The summed E-state index contributed by atoms with van der Waals surface area (Å²) in [5, 5.41) is 3.37. The lowest BCUT2D eigenvalue weighted by Gasteiger charge is -2.19. The van der Waals surface area contributed by atoms with E-state index >= 15 is 0 Å². The summed E-state index contributed by atoms with van der Waals surface area (Å²) in [6.07, 6.45) is 2.68. The molecular weight excluding hydrogens is 348 g/mol. The van der Waals surface area contributed by atoms with Crippen LogP contribution in [0.15, 0.2) is 83.5 Å². The lowest BCUT2D eigenvalue weighted by atomic mass is 10.1. The Balaban J connectivity index is 1.53. The standard InChI is InChI=1S/C23H20N4O/c1-2-7-17(8-3-1)20-15-22(24-16-19-10-6-14-28-19)26-23(25-20)27-13-12-18-9-4-5-11-21(18)27/h1-11,14-15H,12-13,16H2,(H,24,25,26). The van der Waals surface area contributed by atoms with Gasteiger partial charge in [0.1, 0.15) is 11.6 Å². The molecule has 5 heteroatoms. The van der Waals surface area contributed by atoms with Gasteiger partial charge in [-0.3, -0.25) is 0 Å². The van der Waals surface area contributed by atoms with E-state index in [0.717, 1.165) is 35.8 Å². The second-order valence-corrected chi connectivity index (χ2v) is 6.77. The quantitative estimate of drug-likeness (QED) is 0.535. The number of nitrogens with zero attached hydrogens (tertiary/aromatic N) is 3. The summed E-state index contributed by atoms with van der Waals surface area (Å²) in [7, 11) is 0. The van der Waals surface area contributed by atoms with Crippen molar-refractivity contribution in [3.63, 3.8) is 0 Å². The molecule has 1 aliphatic rings. The minimum absolute atomic E-state index is 0.578. The Hall–Kier alpha value is -3.60. The van der Waals surface area contributed by atoms with Gasteiger partial charge in [-0.2, -0.15) is 4.98 Å². The van der Waals surface area contributed by atoms with Crippen LogP contribution in [-0.4, -0.2) is 16.5 Å². The molecule has 1 aliphatic heterocycles. The van der Waals surface area contributed by atoms with Gasteiger partial charge in [0, 0.05) is 23.9 Å². The SMILES string of the molecule is c1ccc(-c2cc(NCc3ccco3)nc(N3CCc4ccccc43)n2)cc1. The van der Waals surface area contributed by atoms with E-state index < -0.39 is 0 Å². The Morgan fingerprint density at radius 3 is 2.64 bits per heavy atom. The van der Waals surface area contributed by atoms with Crippen LogP contribution < -0.4 is 10.2 Å². The predicted molar refractivity (Wildman–Crippen MR) is 111 cm³/mol. The van der Waals surface area contributed by atoms with Crippen LogP contribution in [0.5, 0.6) is 0 Å². The maximum atomic E-state index is 5.43. The third-order valence-corrected chi connectivity index (χ3v) is 4.94. The summed E-state index contributed by atoms with van der Waals surface area (Å²) < 4.78 is 5.43. The smallest absolute Gasteiger partial charge is 0.232 e. The van der Waals surface area contributed by atoms with Crippen molar-refractivity contribution in [2.24, 2.45) is 0 Å². The molecule has 4 aromatic rings. The molecule has 28 heavy (non-hydrogen) atoms. The van der Waals surface area contributed by atoms with Gasteiger partial charge < -0.3 is 14.6 Å². The zero-order valence-corrected chi connectivity index (χ0v) is 15.4. The van der Waals surface area contributed by atoms with Gasteiger partial charge in [-0.15, -0.1) is 0 Å². The molecule has 1 N–H and O–H groups in total. The third kappa shape index (κ3) is 3.22. The van der Waals surface area contributed by atoms with Gasteiger partial charge >= 0.3 is 0 Å². The molecule has 0 radical (unpaired) electrons. The van der Waals surface area contributed by atoms with Crippen LogP contribution in [0.4, 0.5) is 17.5 Å². The van der Waals surface area contributed by atoms with Crippen molar-refractivity contribution >= 4 is 17.5 Å². The van der Waals surface area contributed by atoms with E-state index in [9.17, 15) is 0 Å². The van der Waals surface area contributed by atoms with Crippen LogP contribution in [0.3, 0.4) is 0 Å². The van der Waals surface area contributed by atoms with Crippen LogP contribution >= 0.6 is 0 Å². The average molecular weight is 368 g/mol. The van der Waals surface area contributed by atoms with Crippen molar-refractivity contribution in [1.29, 1.82) is 0 Å². The largest absolute Gasteiger partial charge is 0.467 e. The van der Waals surface area contributed by atoms with E-state index in [0.29, 0.717) is 12.5 Å². The number of fused-ring (bicyclic) bond motifs is 1. The highest BCUT2D eigenvalue weighted by molar-refractivity contribution is 5.70. The Bertz CT molecular complexity index is 1080. The highest BCUT2D eigenvalue weighted by atomic mass is 16.3. The molecule has 3 heterocycles. The fourth-order valence-corrected chi connectivity index (χ4v) is 3.54. The molecule has 0 fully saturated rings. The molecule has 0 unspecified atom stereocenters. The maximum Gasteiger partial charge on any atom is 0.232 e. The fourth-order valence-electron chi connectivity index (χ4n) is 3.54. The first kappa shape index (κ1) is 16.6. The summed E-state index contributed by atoms with van der Waals surface area (Å²) >= 11 is 0. The van der Waals surface area contributed by atoms with Gasteiger partial charge in [0.2, 0.25) is 5.95 Å². The first-order valence-corrected chi connectivity index (χ1v) is 9.43. The summed E-state index contributed by atoms with van der Waals surface area (Å²) in [5.41, 5.74) is 4.49. The number of rotatable bonds is 5. The summed E-state index contributed by atoms with van der Waals surface area (Å²) in [6.45, 7) is 1.46. The first-order chi connectivity index (χ1) is 13.9. The zero-order chi connectivity index (χ0) is 18.8. The van der Waals surface area contributed by atoms with E-state index in [1.54, 1.807) is 6.26 Å². The number of nitrogens with one attached hydrogen (secondary N) is 1. The first-order valence-electron chi connectivity index (χ1n) is 9.43. The van der Waals surface area contributed by atoms with Crippen LogP contribution in [0.2, 0.25) is 0 Å². The number of aromatic nitrogens is 2. The molecule has 0 amide bonds. The molecule has 0 saturated carbocycles. The van der Waals surface area contributed by atoms with E-state index in [-0.39, 0.29) is 0 Å². The number of hydrogen-bond acceptors (Lipinski definition) is 5. The van der Waals surface area contributed by atoms with Gasteiger partial charge in [0.15, 0.2) is 0 Å². The van der Waals surface area contributed by atoms with Gasteiger partial charge in [0.05, 0.1) is 18.5 Å². The topological polar surface area (TPSA) is 54.2 Å². The van der Waals surface area contributed by atoms with Gasteiger partial charge in [0.25, 0.3) is 0 Å². The minimum atomic E-state index is 0.578. The molecule has 138 valence electrons. The zero-order valence-electron chi connectivity index (χ0n) is 15.4. The van der Waals surface area contributed by atoms with Gasteiger partial charge in [-0.05, 0) is 30.2 Å². The number of furan rings is 1. The number of benzene rings is 2. The van der Waals surface area contributed by atoms with Crippen molar-refractivity contribution in [1.82, 2.24) is 9.97 Å². The van der Waals surface area contributed by atoms with E-state index in [2.05, 4.69) is 46.6 Å². The van der Waals surface area contributed by atoms with Crippen LogP contribution in [-0.2, 0) is 13.0 Å². The highest BCUT2D eigenvalue weighted by Crippen LogP contribution is 2.34. The second kappa shape index (κ2) is 7.19. The molecule has 0 saturated heterocycles. The molecule has 2 aromatic heterocycles. The number of anilines is 3. The molecule has 2 aromatic carbocycles. The van der Waals surface area contributed by atoms with E-state index in [1.165, 1.54) is 11.3 Å². The number of para-hydroxylation sites is 1. The molecular formula is C23H20N4O. The van der Waals surface area contributed by atoms with Crippen LogP contribution in [0, 0.1) is 0 Å². The van der Waals surface area contributed by atoms with E-state index in [4.69, 9.17) is 14.4 Å². The van der Waals surface area contributed by atoms with Crippen molar-refractivity contribution in [2.75, 3.05) is 16.8 Å². The Kier molecular flexibility index (Phi) is 4.26. The molecule has 0 bridgehead atoms. The maximum absolute atomic E-state index is 5.43. The van der Waals surface area contributed by atoms with Crippen molar-refractivity contribution in [2.45, 2.75) is 13.0 Å². The molecule has 5 nitrogen and oxygen atoms in total. The monoisotopic (exact) mass is 368 g/mol. The Morgan fingerprint density at radius 1 is 0.929 bits per heavy atom. The molecule has 0 spiro atoms. The average Bonchev–Trinajstić information content (AvgIpc) is 3.42. The van der Waals surface area contributed by atoms with Gasteiger partial charge in [-0.25, -0.2) is 4.98 Å². The summed E-state index contributed by atoms with van der Waals surface area (Å²) in [4.78, 5) is 11.9. The van der Waals surface area contributed by atoms with Crippen molar-refractivity contribution < 1.29 is 4.42 Å². The predicted octanol–water partition coefficient (Wildman–Crippen LogP) is 5.04. The minimum Gasteiger partial charge on any atom is -0.467 e. The molecule has 0 atom stereocenters. The Labute approximate surface area is 163 Å². The normalized spacial score (nSPS) is 12.8. The molecule has 5 rings (SSSR count). The summed E-state index contributed by atoms with van der Waals surface area (Å²) in [6, 6.07) is 24.5. The lowest BCUT2D eigenvalue weighted by Crippen LogP contribution is -2.17. The van der Waals surface area contributed by atoms with Gasteiger partial charge in [-0.1, -0.05) is 48.5 Å². The van der Waals surface area contributed by atoms with Crippen LogP contribution in [0.25, 0.3) is 11.3 Å². The van der Waals surface area contributed by atoms with Crippen LogP contribution in [0.1, 0.15) is 11.3 Å². The Morgan fingerprint density at radius 2 is 1.79 bits per heavy atom. The molecule has 0 aliphatic carbocycles. The van der Waals surface area contributed by atoms with Crippen molar-refractivity contribution in [3.8, 4) is 11.3 Å². The van der Waals surface area contributed by atoms with Crippen molar-refractivity contribution in [3.05, 3.63) is 90.4 Å². The lowest BCUT2D eigenvalue weighted by molar-refractivity contribution is 0.518. The van der Waals surface area contributed by atoms with E-state index in [1.807, 2.05) is 36.4 Å². The fraction of sp³-hybridized carbons (Fsp3) is 0.130. The number of hydrogen-bond donors (Lipinski definition) is 1. The highest BCUT2D eigenvalue weighted by Gasteiger charge is 2.23.